The predicted molar refractivity (Wildman–Crippen MR) is 84.8 cm³/mol. The monoisotopic (exact) mass is 331 g/mol. The first-order chi connectivity index (χ1) is 11.3. The molecule has 128 valence electrons. The SMILES string of the molecule is COc1ccc2c3c1OC1C(=O)CCC4(O)C(C2)[N+](C)([O-])CCC314. The summed E-state index contributed by atoms with van der Waals surface area (Å²) >= 11 is 0. The molecule has 2 fully saturated rings. The molecule has 2 bridgehead atoms. The Balaban J connectivity index is 1.86. The summed E-state index contributed by atoms with van der Waals surface area (Å²) in [6.45, 7) is 0.385. The molecule has 0 amide bonds. The zero-order valence-corrected chi connectivity index (χ0v) is 13.9. The minimum Gasteiger partial charge on any atom is -0.633 e. The van der Waals surface area contributed by atoms with Crippen LogP contribution >= 0.6 is 0 Å². The molecule has 1 saturated carbocycles. The lowest BCUT2D eigenvalue weighted by atomic mass is 9.49. The molecular formula is C18H21NO5. The highest BCUT2D eigenvalue weighted by Crippen LogP contribution is 2.65. The van der Waals surface area contributed by atoms with Gasteiger partial charge in [-0.15, -0.1) is 0 Å². The van der Waals surface area contributed by atoms with Crippen molar-refractivity contribution < 1.29 is 24.0 Å². The van der Waals surface area contributed by atoms with Crippen LogP contribution in [0, 0.1) is 5.21 Å². The van der Waals surface area contributed by atoms with Gasteiger partial charge in [0.15, 0.2) is 23.4 Å². The Hall–Kier alpha value is -1.63. The van der Waals surface area contributed by atoms with Crippen molar-refractivity contribution in [1.29, 1.82) is 0 Å². The number of Topliss-reactive ketones (excluding diaryl/α,β-unsaturated/α-hetero) is 1. The van der Waals surface area contributed by atoms with Crippen molar-refractivity contribution in [3.63, 3.8) is 0 Å². The fraction of sp³-hybridized carbons (Fsp3) is 0.611. The van der Waals surface area contributed by atoms with E-state index >= 15 is 0 Å². The van der Waals surface area contributed by atoms with Crippen molar-refractivity contribution in [2.45, 2.75) is 48.8 Å². The Morgan fingerprint density at radius 2 is 2.21 bits per heavy atom. The van der Waals surface area contributed by atoms with Crippen LogP contribution in [-0.4, -0.2) is 54.0 Å². The highest BCUT2D eigenvalue weighted by Gasteiger charge is 2.75. The third-order valence-corrected chi connectivity index (χ3v) is 6.95. The largest absolute Gasteiger partial charge is 0.633 e. The number of likely N-dealkylation sites (N-methyl/N-ethyl adjacent to an activating group) is 1. The van der Waals surface area contributed by atoms with Crippen molar-refractivity contribution in [3.05, 3.63) is 28.5 Å². The van der Waals surface area contributed by atoms with E-state index in [2.05, 4.69) is 0 Å². The highest BCUT2D eigenvalue weighted by molar-refractivity contribution is 5.90. The molecule has 0 radical (unpaired) electrons. The lowest BCUT2D eigenvalue weighted by Gasteiger charge is -2.65. The van der Waals surface area contributed by atoms with E-state index in [9.17, 15) is 15.1 Å². The van der Waals surface area contributed by atoms with Gasteiger partial charge in [-0.05, 0) is 18.1 Å². The number of piperidine rings is 1. The molecule has 2 aliphatic carbocycles. The number of likely N-dealkylation sites (tertiary alicyclic amines) is 1. The molecule has 0 aromatic heterocycles. The van der Waals surface area contributed by atoms with Crippen molar-refractivity contribution in [3.8, 4) is 11.5 Å². The normalized spacial score (nSPS) is 44.8. The van der Waals surface area contributed by atoms with E-state index in [1.807, 2.05) is 12.1 Å². The van der Waals surface area contributed by atoms with Crippen LogP contribution < -0.4 is 9.47 Å². The van der Waals surface area contributed by atoms with E-state index in [-0.39, 0.29) is 12.2 Å². The molecule has 1 aromatic rings. The summed E-state index contributed by atoms with van der Waals surface area (Å²) in [6, 6.07) is 3.33. The topological polar surface area (TPSA) is 78.8 Å². The number of aliphatic hydroxyl groups is 1. The molecule has 1 spiro atoms. The maximum atomic E-state index is 13.1. The Labute approximate surface area is 140 Å². The standard InChI is InChI=1S/C18H21NO5/c1-19(22)8-7-17-14-10-3-4-12(23-2)15(14)24-16(17)11(20)5-6-18(17,21)13(19)9-10/h3-4,13,16,21H,5-9H2,1-2H3. The van der Waals surface area contributed by atoms with Gasteiger partial charge in [-0.1, -0.05) is 6.07 Å². The first kappa shape index (κ1) is 14.7. The summed E-state index contributed by atoms with van der Waals surface area (Å²) in [5.74, 6) is 1.21. The Bertz CT molecular complexity index is 775. The summed E-state index contributed by atoms with van der Waals surface area (Å²) in [5, 5.41) is 24.8. The number of hydrogen-bond acceptors (Lipinski definition) is 5. The van der Waals surface area contributed by atoms with Gasteiger partial charge in [-0.2, -0.15) is 0 Å². The van der Waals surface area contributed by atoms with Gasteiger partial charge in [0.1, 0.15) is 11.6 Å². The third-order valence-electron chi connectivity index (χ3n) is 6.95. The number of rotatable bonds is 1. The van der Waals surface area contributed by atoms with Crippen LogP contribution in [0.4, 0.5) is 0 Å². The number of methoxy groups -OCH3 is 1. The first-order valence-corrected chi connectivity index (χ1v) is 8.53. The summed E-state index contributed by atoms with van der Waals surface area (Å²) in [7, 11) is 3.22. The van der Waals surface area contributed by atoms with Gasteiger partial charge in [0, 0.05) is 24.8 Å². The summed E-state index contributed by atoms with van der Waals surface area (Å²) in [5.41, 5.74) is -0.0756. The van der Waals surface area contributed by atoms with E-state index in [1.54, 1.807) is 14.2 Å². The van der Waals surface area contributed by atoms with E-state index in [4.69, 9.17) is 9.47 Å². The second-order valence-electron chi connectivity index (χ2n) is 7.86. The summed E-state index contributed by atoms with van der Waals surface area (Å²) < 4.78 is 11.1. The molecule has 1 aromatic carbocycles. The van der Waals surface area contributed by atoms with Crippen LogP contribution in [0.1, 0.15) is 30.4 Å². The molecule has 6 nitrogen and oxygen atoms in total. The van der Waals surface area contributed by atoms with Gasteiger partial charge < -0.3 is 24.4 Å². The Morgan fingerprint density at radius 3 is 2.96 bits per heavy atom. The van der Waals surface area contributed by atoms with Gasteiger partial charge in [0.05, 0.1) is 26.1 Å². The number of benzene rings is 1. The second-order valence-corrected chi connectivity index (χ2v) is 7.86. The smallest absolute Gasteiger partial charge is 0.174 e. The van der Waals surface area contributed by atoms with Crippen LogP contribution in [-0.2, 0) is 16.6 Å². The average molecular weight is 331 g/mol. The fourth-order valence-electron chi connectivity index (χ4n) is 5.86. The minimum atomic E-state index is -1.20. The molecular weight excluding hydrogens is 310 g/mol. The third kappa shape index (κ3) is 1.35. The number of carbonyl (C=O) groups excluding carboxylic acids is 1. The van der Waals surface area contributed by atoms with Crippen LogP contribution in [0.3, 0.4) is 0 Å². The quantitative estimate of drug-likeness (QED) is 0.615. The number of hydrogen-bond donors (Lipinski definition) is 1. The number of nitrogens with zero attached hydrogens (tertiary/aromatic N) is 1. The maximum absolute atomic E-state index is 13.1. The van der Waals surface area contributed by atoms with E-state index < -0.39 is 27.8 Å². The van der Waals surface area contributed by atoms with Crippen LogP contribution in [0.2, 0.25) is 0 Å². The molecule has 1 N–H and O–H groups in total. The predicted octanol–water partition coefficient (Wildman–Crippen LogP) is 1.06. The van der Waals surface area contributed by atoms with E-state index in [0.717, 1.165) is 11.1 Å². The maximum Gasteiger partial charge on any atom is 0.174 e. The molecule has 5 rings (SSSR count). The van der Waals surface area contributed by atoms with Gasteiger partial charge in [-0.25, -0.2) is 0 Å². The minimum absolute atomic E-state index is 0.0199. The fourth-order valence-corrected chi connectivity index (χ4v) is 5.86. The van der Waals surface area contributed by atoms with Gasteiger partial charge >= 0.3 is 0 Å². The molecule has 2 heterocycles. The summed E-state index contributed by atoms with van der Waals surface area (Å²) in [6.07, 6.45) is 0.857. The van der Waals surface area contributed by atoms with Gasteiger partial charge in [0.25, 0.3) is 0 Å². The molecule has 1 saturated heterocycles. The Morgan fingerprint density at radius 1 is 1.42 bits per heavy atom. The van der Waals surface area contributed by atoms with Crippen molar-refractivity contribution in [2.24, 2.45) is 0 Å². The van der Waals surface area contributed by atoms with E-state index in [0.29, 0.717) is 37.3 Å². The zero-order valence-electron chi connectivity index (χ0n) is 13.9. The molecule has 24 heavy (non-hydrogen) atoms. The van der Waals surface area contributed by atoms with E-state index in [1.165, 1.54) is 0 Å². The zero-order chi connectivity index (χ0) is 16.9. The van der Waals surface area contributed by atoms with Crippen molar-refractivity contribution in [2.75, 3.05) is 20.7 Å². The molecule has 6 heteroatoms. The molecule has 5 unspecified atom stereocenters. The van der Waals surface area contributed by atoms with Crippen molar-refractivity contribution >= 4 is 5.78 Å². The number of ether oxygens (including phenoxy) is 2. The lowest BCUT2D eigenvalue weighted by molar-refractivity contribution is -0.904. The molecule has 5 atom stereocenters. The van der Waals surface area contributed by atoms with Gasteiger partial charge in [-0.3, -0.25) is 4.79 Å². The number of hydroxylamine groups is 3. The first-order valence-electron chi connectivity index (χ1n) is 8.53. The molecule has 2 aliphatic heterocycles. The lowest BCUT2D eigenvalue weighted by Crippen LogP contribution is -2.79. The van der Waals surface area contributed by atoms with Crippen molar-refractivity contribution in [1.82, 2.24) is 0 Å². The summed E-state index contributed by atoms with van der Waals surface area (Å²) in [4.78, 5) is 12.7. The number of ketones is 1. The number of quaternary nitrogens is 1. The average Bonchev–Trinajstić information content (AvgIpc) is 2.90. The second kappa shape index (κ2) is 4.12. The number of carbonyl (C=O) groups is 1. The Kier molecular flexibility index (Phi) is 2.52. The molecule has 4 aliphatic rings. The van der Waals surface area contributed by atoms with Crippen LogP contribution in [0.25, 0.3) is 0 Å². The van der Waals surface area contributed by atoms with Gasteiger partial charge in [0.2, 0.25) is 0 Å². The van der Waals surface area contributed by atoms with Crippen LogP contribution in [0.15, 0.2) is 12.1 Å². The van der Waals surface area contributed by atoms with Crippen LogP contribution in [0.5, 0.6) is 11.5 Å². The highest BCUT2D eigenvalue weighted by atomic mass is 16.6.